The molecule has 0 radical (unpaired) electrons. The Morgan fingerprint density at radius 3 is 2.28 bits per heavy atom. The maximum Gasteiger partial charge on any atom is 0.416 e. The number of anilines is 1. The first-order valence-electron chi connectivity index (χ1n) is 9.26. The monoisotopic (exact) mass is 457 g/mol. The largest absolute Gasteiger partial charge is 0.493 e. The predicted molar refractivity (Wildman–Crippen MR) is 109 cm³/mol. The number of methoxy groups -OCH3 is 3. The van der Waals surface area contributed by atoms with Crippen LogP contribution in [0.1, 0.15) is 11.1 Å². The number of hydrogen-bond acceptors (Lipinski definition) is 7. The highest BCUT2D eigenvalue weighted by atomic mass is 19.4. The lowest BCUT2D eigenvalue weighted by atomic mass is 10.1. The van der Waals surface area contributed by atoms with Gasteiger partial charge in [0.15, 0.2) is 11.5 Å². The second kappa shape index (κ2) is 10.6. The first-order valence-corrected chi connectivity index (χ1v) is 9.26. The van der Waals surface area contributed by atoms with Crippen LogP contribution in [0.15, 0.2) is 30.3 Å². The summed E-state index contributed by atoms with van der Waals surface area (Å²) < 4.78 is 54.1. The zero-order valence-electron chi connectivity index (χ0n) is 17.5. The maximum atomic E-state index is 12.8. The van der Waals surface area contributed by atoms with Gasteiger partial charge in [-0.25, -0.2) is 0 Å². The fourth-order valence-electron chi connectivity index (χ4n) is 2.95. The van der Waals surface area contributed by atoms with Crippen LogP contribution in [0, 0.1) is 10.1 Å². The lowest BCUT2D eigenvalue weighted by Gasteiger charge is -2.15. The number of nitro benzene ring substituents is 1. The highest BCUT2D eigenvalue weighted by molar-refractivity contribution is 5.80. The van der Waals surface area contributed by atoms with Crippen molar-refractivity contribution in [2.75, 3.05) is 39.7 Å². The van der Waals surface area contributed by atoms with Crippen LogP contribution in [0.3, 0.4) is 0 Å². The number of hydrogen-bond donors (Lipinski definition) is 2. The van der Waals surface area contributed by atoms with Crippen molar-refractivity contribution in [1.29, 1.82) is 0 Å². The van der Waals surface area contributed by atoms with Crippen molar-refractivity contribution in [1.82, 2.24) is 5.32 Å². The van der Waals surface area contributed by atoms with Crippen LogP contribution in [0.2, 0.25) is 0 Å². The van der Waals surface area contributed by atoms with Gasteiger partial charge in [0.1, 0.15) is 5.69 Å². The quantitative estimate of drug-likeness (QED) is 0.319. The summed E-state index contributed by atoms with van der Waals surface area (Å²) in [4.78, 5) is 22.5. The zero-order chi connectivity index (χ0) is 23.9. The summed E-state index contributed by atoms with van der Waals surface area (Å²) in [5, 5.41) is 16.4. The number of rotatable bonds is 10. The summed E-state index contributed by atoms with van der Waals surface area (Å²) in [6, 6.07) is 5.48. The normalized spacial score (nSPS) is 10.9. The smallest absolute Gasteiger partial charge is 0.416 e. The highest BCUT2D eigenvalue weighted by Crippen LogP contribution is 2.40. The molecule has 0 saturated carbocycles. The summed E-state index contributed by atoms with van der Waals surface area (Å²) in [7, 11) is 4.34. The lowest BCUT2D eigenvalue weighted by Crippen LogP contribution is -2.30. The first-order chi connectivity index (χ1) is 15.1. The molecule has 2 N–H and O–H groups in total. The second-order valence-electron chi connectivity index (χ2n) is 6.43. The molecule has 174 valence electrons. The van der Waals surface area contributed by atoms with E-state index >= 15 is 0 Å². The minimum absolute atomic E-state index is 0.0377. The number of nitrogens with zero attached hydrogens (tertiary/aromatic N) is 1. The molecule has 9 nitrogen and oxygen atoms in total. The molecule has 0 aliphatic carbocycles. The van der Waals surface area contributed by atoms with Crippen molar-refractivity contribution in [3.05, 3.63) is 51.6 Å². The molecule has 32 heavy (non-hydrogen) atoms. The number of nitro groups is 1. The number of carbonyl (C=O) groups is 1. The molecule has 1 amide bonds. The minimum atomic E-state index is -4.69. The Hall–Kier alpha value is -3.70. The highest BCUT2D eigenvalue weighted by Gasteiger charge is 2.33. The van der Waals surface area contributed by atoms with E-state index in [1.807, 2.05) is 0 Å². The number of amides is 1. The number of carbonyl (C=O) groups excluding carboxylic acids is 1. The van der Waals surface area contributed by atoms with E-state index in [9.17, 15) is 28.1 Å². The number of nitrogens with one attached hydrogen (secondary N) is 2. The molecular weight excluding hydrogens is 435 g/mol. The van der Waals surface area contributed by atoms with Gasteiger partial charge in [0, 0.05) is 24.7 Å². The Bertz CT molecular complexity index is 982. The van der Waals surface area contributed by atoms with E-state index in [4.69, 9.17) is 14.2 Å². The van der Waals surface area contributed by atoms with E-state index in [0.29, 0.717) is 28.9 Å². The van der Waals surface area contributed by atoms with Gasteiger partial charge in [0.25, 0.3) is 5.69 Å². The number of alkyl halides is 3. The van der Waals surface area contributed by atoms with E-state index in [-0.39, 0.29) is 31.1 Å². The van der Waals surface area contributed by atoms with Crippen molar-refractivity contribution in [3.8, 4) is 17.2 Å². The van der Waals surface area contributed by atoms with Gasteiger partial charge in [0.05, 0.1) is 38.2 Å². The lowest BCUT2D eigenvalue weighted by molar-refractivity contribution is -0.384. The number of ether oxygens (including phenoxy) is 3. The minimum Gasteiger partial charge on any atom is -0.493 e. The summed E-state index contributed by atoms with van der Waals surface area (Å²) in [6.45, 7) is 0.133. The third-order valence-corrected chi connectivity index (χ3v) is 4.42. The Labute approximate surface area is 181 Å². The van der Waals surface area contributed by atoms with Gasteiger partial charge in [-0.05, 0) is 18.2 Å². The summed E-state index contributed by atoms with van der Waals surface area (Å²) in [6.07, 6.45) is -4.73. The fraction of sp³-hybridized carbons (Fsp3) is 0.350. The molecule has 0 heterocycles. The van der Waals surface area contributed by atoms with E-state index in [0.717, 1.165) is 12.1 Å². The molecule has 0 aromatic heterocycles. The number of halogens is 3. The average Bonchev–Trinajstić information content (AvgIpc) is 2.75. The Balaban J connectivity index is 1.98. The predicted octanol–water partition coefficient (Wildman–Crippen LogP) is 3.41. The van der Waals surface area contributed by atoms with Crippen LogP contribution in [0.5, 0.6) is 17.2 Å². The third kappa shape index (κ3) is 5.93. The van der Waals surface area contributed by atoms with Gasteiger partial charge in [-0.1, -0.05) is 6.07 Å². The summed E-state index contributed by atoms with van der Waals surface area (Å²) >= 11 is 0. The SMILES string of the molecule is COc1ccc(CC(=O)NCCNc2ccc(C(F)(F)F)cc2[N+](=O)[O-])c(OC)c1OC. The standard InChI is InChI=1S/C20H22F3N3O6/c1-30-16-7-4-12(18(31-2)19(16)32-3)10-17(27)25-9-8-24-14-6-5-13(20(21,22)23)11-15(14)26(28)29/h4-7,11,24H,8-10H2,1-3H3,(H,25,27). The van der Waals surface area contributed by atoms with E-state index < -0.39 is 22.4 Å². The van der Waals surface area contributed by atoms with Crippen LogP contribution in [0.4, 0.5) is 24.5 Å². The van der Waals surface area contributed by atoms with Crippen LogP contribution < -0.4 is 24.8 Å². The molecule has 0 unspecified atom stereocenters. The molecular formula is C20H22F3N3O6. The molecule has 2 aromatic carbocycles. The molecule has 2 aromatic rings. The Kier molecular flexibility index (Phi) is 8.10. The molecule has 0 fully saturated rings. The Morgan fingerprint density at radius 1 is 1.03 bits per heavy atom. The molecule has 0 aliphatic heterocycles. The molecule has 2 rings (SSSR count). The van der Waals surface area contributed by atoms with Gasteiger partial charge in [-0.3, -0.25) is 14.9 Å². The maximum absolute atomic E-state index is 12.8. The second-order valence-corrected chi connectivity index (χ2v) is 6.43. The van der Waals surface area contributed by atoms with Gasteiger partial charge in [-0.2, -0.15) is 13.2 Å². The van der Waals surface area contributed by atoms with Gasteiger partial charge >= 0.3 is 6.18 Å². The van der Waals surface area contributed by atoms with E-state index in [1.54, 1.807) is 12.1 Å². The van der Waals surface area contributed by atoms with Gasteiger partial charge in [-0.15, -0.1) is 0 Å². The van der Waals surface area contributed by atoms with Crippen LogP contribution in [0.25, 0.3) is 0 Å². The van der Waals surface area contributed by atoms with Gasteiger partial charge < -0.3 is 24.8 Å². The van der Waals surface area contributed by atoms with Crippen molar-refractivity contribution < 1.29 is 37.1 Å². The molecule has 0 spiro atoms. The fourth-order valence-corrected chi connectivity index (χ4v) is 2.95. The molecule has 0 saturated heterocycles. The molecule has 0 aliphatic rings. The third-order valence-electron chi connectivity index (χ3n) is 4.42. The van der Waals surface area contributed by atoms with Crippen molar-refractivity contribution in [2.24, 2.45) is 0 Å². The summed E-state index contributed by atoms with van der Waals surface area (Å²) in [5.41, 5.74) is -1.36. The molecule has 12 heteroatoms. The van der Waals surface area contributed by atoms with Crippen LogP contribution in [-0.2, 0) is 17.4 Å². The average molecular weight is 457 g/mol. The molecule has 0 bridgehead atoms. The van der Waals surface area contributed by atoms with Crippen LogP contribution >= 0.6 is 0 Å². The summed E-state index contributed by atoms with van der Waals surface area (Å²) in [5.74, 6) is 0.771. The molecule has 0 atom stereocenters. The van der Waals surface area contributed by atoms with Crippen molar-refractivity contribution >= 4 is 17.3 Å². The topological polar surface area (TPSA) is 112 Å². The van der Waals surface area contributed by atoms with E-state index in [1.165, 1.54) is 21.3 Å². The zero-order valence-corrected chi connectivity index (χ0v) is 17.5. The Morgan fingerprint density at radius 2 is 1.72 bits per heavy atom. The van der Waals surface area contributed by atoms with Crippen LogP contribution in [-0.4, -0.2) is 45.2 Å². The van der Waals surface area contributed by atoms with Crippen molar-refractivity contribution in [2.45, 2.75) is 12.6 Å². The van der Waals surface area contributed by atoms with Gasteiger partial charge in [0.2, 0.25) is 11.7 Å². The number of benzene rings is 2. The van der Waals surface area contributed by atoms with Crippen molar-refractivity contribution in [3.63, 3.8) is 0 Å². The first kappa shape index (κ1) is 24.6. The van der Waals surface area contributed by atoms with E-state index in [2.05, 4.69) is 10.6 Å².